The van der Waals surface area contributed by atoms with Crippen LogP contribution in [0.3, 0.4) is 0 Å². The summed E-state index contributed by atoms with van der Waals surface area (Å²) in [4.78, 5) is 4.03. The van der Waals surface area contributed by atoms with E-state index in [0.717, 1.165) is 6.20 Å². The van der Waals surface area contributed by atoms with Crippen LogP contribution in [-0.4, -0.2) is 4.98 Å². The Labute approximate surface area is 111 Å². The first-order valence-corrected chi connectivity index (χ1v) is 6.15. The zero-order valence-corrected chi connectivity index (χ0v) is 11.0. The summed E-state index contributed by atoms with van der Waals surface area (Å²) in [6.45, 7) is 3.59. The van der Waals surface area contributed by atoms with Crippen LogP contribution in [0, 0.1) is 18.6 Å². The molecule has 1 heterocycles. The molecule has 0 fully saturated rings. The van der Waals surface area contributed by atoms with E-state index in [1.165, 1.54) is 18.2 Å². The van der Waals surface area contributed by atoms with Crippen molar-refractivity contribution in [3.63, 3.8) is 0 Å². The maximum absolute atomic E-state index is 13.7. The van der Waals surface area contributed by atoms with Crippen LogP contribution in [0.4, 0.5) is 8.78 Å². The number of nitrogens with two attached hydrogens (primary N) is 1. The third kappa shape index (κ3) is 2.49. The molecule has 0 aliphatic heterocycles. The topological polar surface area (TPSA) is 38.9 Å². The van der Waals surface area contributed by atoms with Gasteiger partial charge in [0, 0.05) is 0 Å². The third-order valence-corrected chi connectivity index (χ3v) is 3.43. The highest BCUT2D eigenvalue weighted by Crippen LogP contribution is 2.29. The molecule has 2 N–H and O–H groups in total. The second-order valence-electron chi connectivity index (χ2n) is 4.65. The quantitative estimate of drug-likeness (QED) is 0.922. The van der Waals surface area contributed by atoms with Crippen LogP contribution in [0.15, 0.2) is 36.5 Å². The molecule has 1 aromatic heterocycles. The zero-order chi connectivity index (χ0) is 14.0. The van der Waals surface area contributed by atoms with Gasteiger partial charge in [0.2, 0.25) is 0 Å². The molecule has 1 atom stereocenters. The molecule has 0 bridgehead atoms. The van der Waals surface area contributed by atoms with Crippen LogP contribution < -0.4 is 5.73 Å². The van der Waals surface area contributed by atoms with Gasteiger partial charge in [0.1, 0.15) is 11.6 Å². The van der Waals surface area contributed by atoms with Crippen LogP contribution in [0.2, 0.25) is 0 Å². The lowest BCUT2D eigenvalue weighted by Crippen LogP contribution is -2.38. The van der Waals surface area contributed by atoms with Gasteiger partial charge in [-0.15, -0.1) is 0 Å². The minimum atomic E-state index is -0.914. The van der Waals surface area contributed by atoms with Gasteiger partial charge >= 0.3 is 0 Å². The van der Waals surface area contributed by atoms with E-state index in [1.807, 2.05) is 6.92 Å². The molecule has 0 saturated carbocycles. The van der Waals surface area contributed by atoms with Crippen molar-refractivity contribution in [1.82, 2.24) is 4.98 Å². The van der Waals surface area contributed by atoms with Crippen LogP contribution in [0.1, 0.15) is 30.2 Å². The first-order chi connectivity index (χ1) is 8.97. The van der Waals surface area contributed by atoms with Gasteiger partial charge in [-0.1, -0.05) is 19.1 Å². The lowest BCUT2D eigenvalue weighted by molar-refractivity contribution is 0.493. The number of pyridine rings is 1. The Morgan fingerprint density at radius 3 is 2.47 bits per heavy atom. The average Bonchev–Trinajstić information content (AvgIpc) is 2.42. The van der Waals surface area contributed by atoms with Crippen LogP contribution >= 0.6 is 0 Å². The van der Waals surface area contributed by atoms with E-state index in [-0.39, 0.29) is 5.82 Å². The number of hydrogen-bond donors (Lipinski definition) is 1. The number of halogens is 2. The van der Waals surface area contributed by atoms with Crippen molar-refractivity contribution in [1.29, 1.82) is 0 Å². The predicted molar refractivity (Wildman–Crippen MR) is 70.6 cm³/mol. The van der Waals surface area contributed by atoms with E-state index in [1.54, 1.807) is 19.1 Å². The molecular formula is C15H16F2N2. The minimum Gasteiger partial charge on any atom is -0.316 e. The summed E-state index contributed by atoms with van der Waals surface area (Å²) < 4.78 is 26.6. The van der Waals surface area contributed by atoms with E-state index >= 15 is 0 Å². The highest BCUT2D eigenvalue weighted by atomic mass is 19.1. The minimum absolute atomic E-state index is 0.303. The smallest absolute Gasteiger partial charge is 0.141 e. The molecule has 2 rings (SSSR count). The van der Waals surface area contributed by atoms with Gasteiger partial charge in [-0.2, -0.15) is 0 Å². The molecule has 0 spiro atoms. The molecule has 4 heteroatoms. The number of nitrogens with zero attached hydrogens (tertiary/aromatic N) is 1. The van der Waals surface area contributed by atoms with Crippen molar-refractivity contribution >= 4 is 0 Å². The van der Waals surface area contributed by atoms with Gasteiger partial charge < -0.3 is 5.73 Å². The Bertz CT molecular complexity index is 581. The molecule has 0 aliphatic carbocycles. The van der Waals surface area contributed by atoms with Crippen molar-refractivity contribution < 1.29 is 8.78 Å². The number of benzene rings is 1. The standard InChI is InChI=1S/C15H16F2N2/c1-3-15(18,14-7-6-12(16)9-19-14)11-5-4-10(2)13(17)8-11/h4-9H,3,18H2,1-2H3. The van der Waals surface area contributed by atoms with Crippen molar-refractivity contribution in [3.05, 3.63) is 65.0 Å². The highest BCUT2D eigenvalue weighted by Gasteiger charge is 2.29. The molecular weight excluding hydrogens is 246 g/mol. The molecule has 0 amide bonds. The molecule has 0 aliphatic rings. The lowest BCUT2D eigenvalue weighted by Gasteiger charge is -2.28. The summed E-state index contributed by atoms with van der Waals surface area (Å²) >= 11 is 0. The number of aromatic nitrogens is 1. The van der Waals surface area contributed by atoms with Gasteiger partial charge in [0.25, 0.3) is 0 Å². The van der Waals surface area contributed by atoms with E-state index < -0.39 is 11.4 Å². The molecule has 0 radical (unpaired) electrons. The Balaban J connectivity index is 2.52. The molecule has 0 saturated heterocycles. The molecule has 2 nitrogen and oxygen atoms in total. The van der Waals surface area contributed by atoms with E-state index in [4.69, 9.17) is 5.73 Å². The van der Waals surface area contributed by atoms with Crippen LogP contribution in [-0.2, 0) is 5.54 Å². The Morgan fingerprint density at radius 2 is 1.95 bits per heavy atom. The molecule has 1 unspecified atom stereocenters. The second kappa shape index (κ2) is 5.05. The summed E-state index contributed by atoms with van der Waals surface area (Å²) in [5, 5.41) is 0. The van der Waals surface area contributed by atoms with Crippen LogP contribution in [0.5, 0.6) is 0 Å². The van der Waals surface area contributed by atoms with Crippen molar-refractivity contribution in [3.8, 4) is 0 Å². The summed E-state index contributed by atoms with van der Waals surface area (Å²) in [5.41, 5.74) is 7.17. The van der Waals surface area contributed by atoms with Gasteiger partial charge in [0.15, 0.2) is 0 Å². The SMILES string of the molecule is CCC(N)(c1ccc(C)c(F)c1)c1ccc(F)cn1. The number of rotatable bonds is 3. The maximum Gasteiger partial charge on any atom is 0.141 e. The Hall–Kier alpha value is -1.81. The Kier molecular flexibility index (Phi) is 3.62. The summed E-state index contributed by atoms with van der Waals surface area (Å²) in [5.74, 6) is -0.722. The average molecular weight is 262 g/mol. The fraction of sp³-hybridized carbons (Fsp3) is 0.267. The fourth-order valence-corrected chi connectivity index (χ4v) is 2.04. The van der Waals surface area contributed by atoms with Gasteiger partial charge in [0.05, 0.1) is 17.4 Å². The Morgan fingerprint density at radius 1 is 1.21 bits per heavy atom. The van der Waals surface area contributed by atoms with E-state index in [2.05, 4.69) is 4.98 Å². The first kappa shape index (κ1) is 13.6. The summed E-state index contributed by atoms with van der Waals surface area (Å²) in [6, 6.07) is 7.74. The number of aryl methyl sites for hydroxylation is 1. The predicted octanol–water partition coefficient (Wildman–Crippen LogP) is 3.28. The third-order valence-electron chi connectivity index (χ3n) is 3.43. The van der Waals surface area contributed by atoms with Crippen LogP contribution in [0.25, 0.3) is 0 Å². The lowest BCUT2D eigenvalue weighted by atomic mass is 9.84. The highest BCUT2D eigenvalue weighted by molar-refractivity contribution is 5.36. The number of hydrogen-bond acceptors (Lipinski definition) is 2. The first-order valence-electron chi connectivity index (χ1n) is 6.15. The molecule has 100 valence electrons. The second-order valence-corrected chi connectivity index (χ2v) is 4.65. The summed E-state index contributed by atoms with van der Waals surface area (Å²) in [7, 11) is 0. The van der Waals surface area contributed by atoms with Crippen molar-refractivity contribution in [2.24, 2.45) is 5.73 Å². The normalized spacial score (nSPS) is 14.2. The zero-order valence-electron chi connectivity index (χ0n) is 11.0. The summed E-state index contributed by atoms with van der Waals surface area (Å²) in [6.07, 6.45) is 1.66. The maximum atomic E-state index is 13.7. The van der Waals surface area contributed by atoms with E-state index in [9.17, 15) is 8.78 Å². The van der Waals surface area contributed by atoms with Gasteiger partial charge in [-0.3, -0.25) is 4.98 Å². The molecule has 2 aromatic rings. The largest absolute Gasteiger partial charge is 0.316 e. The van der Waals surface area contributed by atoms with Crippen molar-refractivity contribution in [2.75, 3.05) is 0 Å². The van der Waals surface area contributed by atoms with Gasteiger partial charge in [-0.05, 0) is 42.7 Å². The van der Waals surface area contributed by atoms with Gasteiger partial charge in [-0.25, -0.2) is 8.78 Å². The fourth-order valence-electron chi connectivity index (χ4n) is 2.04. The molecule has 19 heavy (non-hydrogen) atoms. The molecule has 1 aromatic carbocycles. The van der Waals surface area contributed by atoms with Crippen molar-refractivity contribution in [2.45, 2.75) is 25.8 Å². The van der Waals surface area contributed by atoms with E-state index in [0.29, 0.717) is 23.2 Å². The monoisotopic (exact) mass is 262 g/mol.